The van der Waals surface area contributed by atoms with Crippen LogP contribution in [0.3, 0.4) is 0 Å². The highest BCUT2D eigenvalue weighted by Gasteiger charge is 2.16. The van der Waals surface area contributed by atoms with Crippen molar-refractivity contribution in [1.82, 2.24) is 0 Å². The SMILES string of the molecule is CCCCCC(CC)Oc1cc(I)c(OC(CC)CCCCC)cc1I. The first-order chi connectivity index (χ1) is 12.5. The van der Waals surface area contributed by atoms with Crippen molar-refractivity contribution in [2.75, 3.05) is 0 Å². The molecule has 2 nitrogen and oxygen atoms in total. The maximum Gasteiger partial charge on any atom is 0.134 e. The van der Waals surface area contributed by atoms with Gasteiger partial charge in [-0.3, -0.25) is 0 Å². The molecular formula is C22H36I2O2. The van der Waals surface area contributed by atoms with Gasteiger partial charge in [0.2, 0.25) is 0 Å². The molecule has 0 saturated heterocycles. The Kier molecular flexibility index (Phi) is 13.4. The normalized spacial score (nSPS) is 13.5. The molecule has 0 bridgehead atoms. The Labute approximate surface area is 188 Å². The number of rotatable bonds is 14. The second-order valence-corrected chi connectivity index (χ2v) is 9.33. The highest BCUT2D eigenvalue weighted by molar-refractivity contribution is 14.1. The molecule has 0 aliphatic heterocycles. The van der Waals surface area contributed by atoms with Gasteiger partial charge in [-0.05, 0) is 95.8 Å². The van der Waals surface area contributed by atoms with Crippen molar-refractivity contribution in [1.29, 1.82) is 0 Å². The lowest BCUT2D eigenvalue weighted by molar-refractivity contribution is 0.175. The van der Waals surface area contributed by atoms with Crippen molar-refractivity contribution in [2.45, 2.75) is 104 Å². The van der Waals surface area contributed by atoms with E-state index >= 15 is 0 Å². The number of ether oxygens (including phenoxy) is 2. The van der Waals surface area contributed by atoms with Crippen LogP contribution < -0.4 is 9.47 Å². The number of halogens is 2. The van der Waals surface area contributed by atoms with Crippen LogP contribution in [0.25, 0.3) is 0 Å². The first-order valence-electron chi connectivity index (χ1n) is 10.4. The fourth-order valence-electron chi connectivity index (χ4n) is 2.99. The Morgan fingerprint density at radius 1 is 0.692 bits per heavy atom. The Bertz CT molecular complexity index is 459. The molecule has 0 aliphatic rings. The van der Waals surface area contributed by atoms with E-state index in [2.05, 4.69) is 85.0 Å². The van der Waals surface area contributed by atoms with Crippen molar-refractivity contribution in [3.63, 3.8) is 0 Å². The number of benzene rings is 1. The summed E-state index contributed by atoms with van der Waals surface area (Å²) < 4.78 is 14.9. The van der Waals surface area contributed by atoms with E-state index in [0.29, 0.717) is 12.2 Å². The molecule has 0 saturated carbocycles. The van der Waals surface area contributed by atoms with Gasteiger partial charge in [-0.1, -0.05) is 53.4 Å². The monoisotopic (exact) mass is 586 g/mol. The van der Waals surface area contributed by atoms with Gasteiger partial charge in [0.15, 0.2) is 0 Å². The fraction of sp³-hybridized carbons (Fsp3) is 0.727. The van der Waals surface area contributed by atoms with Gasteiger partial charge in [0.05, 0.1) is 19.3 Å². The van der Waals surface area contributed by atoms with E-state index in [1.807, 2.05) is 0 Å². The highest BCUT2D eigenvalue weighted by Crippen LogP contribution is 2.33. The molecule has 0 aromatic heterocycles. The summed E-state index contributed by atoms with van der Waals surface area (Å²) in [7, 11) is 0. The molecule has 2 atom stereocenters. The predicted molar refractivity (Wildman–Crippen MR) is 130 cm³/mol. The largest absolute Gasteiger partial charge is 0.489 e. The van der Waals surface area contributed by atoms with E-state index in [0.717, 1.165) is 44.3 Å². The third-order valence-corrected chi connectivity index (χ3v) is 6.43. The lowest BCUT2D eigenvalue weighted by atomic mass is 10.1. The average Bonchev–Trinajstić information content (AvgIpc) is 2.63. The molecule has 0 radical (unpaired) electrons. The molecule has 0 N–H and O–H groups in total. The van der Waals surface area contributed by atoms with Crippen molar-refractivity contribution in [3.05, 3.63) is 19.3 Å². The molecule has 0 aliphatic carbocycles. The molecule has 0 spiro atoms. The first-order valence-corrected chi connectivity index (χ1v) is 12.5. The Balaban J connectivity index is 2.73. The lowest BCUT2D eigenvalue weighted by Gasteiger charge is -2.22. The zero-order chi connectivity index (χ0) is 19.4. The summed E-state index contributed by atoms with van der Waals surface area (Å²) in [5, 5.41) is 0. The van der Waals surface area contributed by atoms with Crippen molar-refractivity contribution < 1.29 is 9.47 Å². The number of unbranched alkanes of at least 4 members (excludes halogenated alkanes) is 4. The quantitative estimate of drug-likeness (QED) is 0.161. The van der Waals surface area contributed by atoms with E-state index in [-0.39, 0.29) is 0 Å². The molecule has 0 amide bonds. The number of hydrogen-bond acceptors (Lipinski definition) is 2. The molecular weight excluding hydrogens is 550 g/mol. The fourth-order valence-corrected chi connectivity index (χ4v) is 4.12. The third kappa shape index (κ3) is 8.98. The summed E-state index contributed by atoms with van der Waals surface area (Å²) in [4.78, 5) is 0. The molecule has 4 heteroatoms. The van der Waals surface area contributed by atoms with E-state index in [1.165, 1.54) is 38.5 Å². The summed E-state index contributed by atoms with van der Waals surface area (Å²) in [5.74, 6) is 2.01. The van der Waals surface area contributed by atoms with Gasteiger partial charge in [0.25, 0.3) is 0 Å². The average molecular weight is 586 g/mol. The van der Waals surface area contributed by atoms with Crippen LogP contribution in [0.2, 0.25) is 0 Å². The standard InChI is InChI=1S/C22H36I2O2/c1-5-9-11-13-17(7-3)25-21-15-20(24)22(16-19(21)23)26-18(8-4)14-12-10-6-2/h15-18H,5-14H2,1-4H3. The summed E-state index contributed by atoms with van der Waals surface area (Å²) in [6, 6.07) is 4.30. The third-order valence-electron chi connectivity index (χ3n) is 4.74. The van der Waals surface area contributed by atoms with Gasteiger partial charge in [-0.15, -0.1) is 0 Å². The van der Waals surface area contributed by atoms with Crippen LogP contribution in [0, 0.1) is 7.14 Å². The first kappa shape index (κ1) is 24.3. The summed E-state index contributed by atoms with van der Waals surface area (Å²) in [6.07, 6.45) is 12.6. The van der Waals surface area contributed by atoms with E-state index in [9.17, 15) is 0 Å². The molecule has 0 fully saturated rings. The topological polar surface area (TPSA) is 18.5 Å². The maximum absolute atomic E-state index is 6.32. The van der Waals surface area contributed by atoms with Crippen LogP contribution in [0.5, 0.6) is 11.5 Å². The zero-order valence-corrected chi connectivity index (χ0v) is 21.3. The smallest absolute Gasteiger partial charge is 0.134 e. The summed E-state index contributed by atoms with van der Waals surface area (Å²) in [6.45, 7) is 8.93. The van der Waals surface area contributed by atoms with Gasteiger partial charge < -0.3 is 9.47 Å². The lowest BCUT2D eigenvalue weighted by Crippen LogP contribution is -2.17. The van der Waals surface area contributed by atoms with Crippen LogP contribution >= 0.6 is 45.2 Å². The van der Waals surface area contributed by atoms with Crippen molar-refractivity contribution >= 4 is 45.2 Å². The predicted octanol–water partition coefficient (Wildman–Crippen LogP) is 8.37. The molecule has 2 unspecified atom stereocenters. The highest BCUT2D eigenvalue weighted by atomic mass is 127. The van der Waals surface area contributed by atoms with Gasteiger partial charge in [0, 0.05) is 0 Å². The van der Waals surface area contributed by atoms with Gasteiger partial charge in [0.1, 0.15) is 11.5 Å². The molecule has 150 valence electrons. The molecule has 1 aromatic carbocycles. The Morgan fingerprint density at radius 2 is 1.08 bits per heavy atom. The Hall–Kier alpha value is 0.280. The minimum atomic E-state index is 0.315. The zero-order valence-electron chi connectivity index (χ0n) is 17.0. The van der Waals surface area contributed by atoms with Crippen LogP contribution in [-0.2, 0) is 0 Å². The van der Waals surface area contributed by atoms with E-state index in [4.69, 9.17) is 9.47 Å². The van der Waals surface area contributed by atoms with Crippen LogP contribution in [-0.4, -0.2) is 12.2 Å². The van der Waals surface area contributed by atoms with Crippen molar-refractivity contribution in [3.8, 4) is 11.5 Å². The molecule has 26 heavy (non-hydrogen) atoms. The van der Waals surface area contributed by atoms with E-state index < -0.39 is 0 Å². The van der Waals surface area contributed by atoms with Crippen LogP contribution in [0.15, 0.2) is 12.1 Å². The minimum Gasteiger partial charge on any atom is -0.489 e. The van der Waals surface area contributed by atoms with Crippen LogP contribution in [0.4, 0.5) is 0 Å². The molecule has 1 rings (SSSR count). The van der Waals surface area contributed by atoms with E-state index in [1.54, 1.807) is 0 Å². The second-order valence-electron chi connectivity index (χ2n) is 7.00. The second kappa shape index (κ2) is 14.3. The Morgan fingerprint density at radius 3 is 1.38 bits per heavy atom. The number of hydrogen-bond donors (Lipinski definition) is 0. The maximum atomic E-state index is 6.32. The van der Waals surface area contributed by atoms with Gasteiger partial charge in [-0.2, -0.15) is 0 Å². The molecule has 1 aromatic rings. The minimum absolute atomic E-state index is 0.315. The summed E-state index contributed by atoms with van der Waals surface area (Å²) in [5.41, 5.74) is 0. The molecule has 0 heterocycles. The van der Waals surface area contributed by atoms with Crippen molar-refractivity contribution in [2.24, 2.45) is 0 Å². The van der Waals surface area contributed by atoms with Gasteiger partial charge >= 0.3 is 0 Å². The van der Waals surface area contributed by atoms with Gasteiger partial charge in [-0.25, -0.2) is 0 Å². The van der Waals surface area contributed by atoms with Crippen LogP contribution in [0.1, 0.15) is 91.9 Å². The summed E-state index contributed by atoms with van der Waals surface area (Å²) >= 11 is 4.77.